The number of carbonyl (C=O) groups excluding carboxylic acids is 2. The highest BCUT2D eigenvalue weighted by molar-refractivity contribution is 5.93. The number of nitrogens with zero attached hydrogens (tertiary/aromatic N) is 1. The summed E-state index contributed by atoms with van der Waals surface area (Å²) in [5.74, 6) is -1.22. The van der Waals surface area contributed by atoms with Crippen LogP contribution in [0.1, 0.15) is 50.3 Å². The maximum absolute atomic E-state index is 13.2. The summed E-state index contributed by atoms with van der Waals surface area (Å²) in [5, 5.41) is 10.6. The van der Waals surface area contributed by atoms with Crippen LogP contribution in [-0.4, -0.2) is 41.6 Å². The molecule has 0 radical (unpaired) electrons. The Labute approximate surface area is 190 Å². The second-order valence-electron chi connectivity index (χ2n) is 8.19. The first-order chi connectivity index (χ1) is 14.5. The fraction of sp³-hybridized carbons (Fsp3) is 0.440. The first kappa shape index (κ1) is 25.1. The minimum Gasteiger partial charge on any atom is -0.392 e. The van der Waals surface area contributed by atoms with Crippen molar-refractivity contribution in [2.45, 2.75) is 44.6 Å². The molecule has 6 heteroatoms. The van der Waals surface area contributed by atoms with Gasteiger partial charge in [0.05, 0.1) is 17.4 Å². The molecule has 5 nitrogen and oxygen atoms in total. The van der Waals surface area contributed by atoms with E-state index in [1.807, 2.05) is 67.6 Å². The lowest BCUT2D eigenvalue weighted by Gasteiger charge is -2.40. The van der Waals surface area contributed by atoms with Crippen LogP contribution in [0.5, 0.6) is 0 Å². The average Bonchev–Trinajstić information content (AvgIpc) is 2.80. The Kier molecular flexibility index (Phi) is 9.23. The fourth-order valence-corrected chi connectivity index (χ4v) is 3.97. The Balaban J connectivity index is 0.00000341. The van der Waals surface area contributed by atoms with Crippen LogP contribution in [0, 0.1) is 5.92 Å². The molecule has 0 aromatic heterocycles. The van der Waals surface area contributed by atoms with Crippen molar-refractivity contribution < 1.29 is 19.4 Å². The Morgan fingerprint density at radius 3 is 2.13 bits per heavy atom. The van der Waals surface area contributed by atoms with E-state index in [0.717, 1.165) is 11.1 Å². The van der Waals surface area contributed by atoms with E-state index in [9.17, 15) is 14.7 Å². The zero-order valence-corrected chi connectivity index (χ0v) is 19.0. The van der Waals surface area contributed by atoms with Crippen molar-refractivity contribution in [2.75, 3.05) is 19.6 Å². The number of esters is 2. The Morgan fingerprint density at radius 1 is 1.03 bits per heavy atom. The van der Waals surface area contributed by atoms with Crippen LogP contribution in [0.2, 0.25) is 0 Å². The van der Waals surface area contributed by atoms with Gasteiger partial charge in [-0.15, -0.1) is 12.4 Å². The molecule has 1 saturated heterocycles. The summed E-state index contributed by atoms with van der Waals surface area (Å²) in [7, 11) is 0. The molecule has 0 aliphatic carbocycles. The predicted octanol–water partition coefficient (Wildman–Crippen LogP) is 4.29. The van der Waals surface area contributed by atoms with Crippen molar-refractivity contribution in [1.82, 2.24) is 4.90 Å². The largest absolute Gasteiger partial charge is 0.392 e. The highest BCUT2D eigenvalue weighted by Crippen LogP contribution is 2.37. The molecule has 1 aliphatic rings. The van der Waals surface area contributed by atoms with Crippen LogP contribution >= 0.6 is 12.4 Å². The van der Waals surface area contributed by atoms with Gasteiger partial charge in [0, 0.05) is 6.54 Å². The smallest absolute Gasteiger partial charge is 0.324 e. The number of rotatable bonds is 7. The van der Waals surface area contributed by atoms with E-state index in [-0.39, 0.29) is 18.3 Å². The molecule has 2 atom stereocenters. The zero-order valence-electron chi connectivity index (χ0n) is 18.2. The number of carbonyl (C=O) groups is 2. The molecule has 168 valence electrons. The molecule has 2 aromatic rings. The number of ether oxygens (including phenoxy) is 1. The van der Waals surface area contributed by atoms with Gasteiger partial charge in [0.25, 0.3) is 0 Å². The Morgan fingerprint density at radius 2 is 1.58 bits per heavy atom. The van der Waals surface area contributed by atoms with Crippen LogP contribution in [0.3, 0.4) is 0 Å². The maximum Gasteiger partial charge on any atom is 0.324 e. The van der Waals surface area contributed by atoms with Crippen LogP contribution in [0.15, 0.2) is 60.7 Å². The van der Waals surface area contributed by atoms with Gasteiger partial charge in [-0.05, 0) is 43.5 Å². The number of benzene rings is 2. The van der Waals surface area contributed by atoms with E-state index < -0.39 is 23.5 Å². The number of β-amino-alcohol motifs (C(OH)–C–C–N with tert-alkyl or cyclic N) is 1. The fourth-order valence-electron chi connectivity index (χ4n) is 3.97. The van der Waals surface area contributed by atoms with E-state index >= 15 is 0 Å². The minimum atomic E-state index is -0.835. The first-order valence-corrected chi connectivity index (χ1v) is 10.7. The number of likely N-dealkylation sites (tertiary alicyclic amines) is 1. The maximum atomic E-state index is 13.2. The summed E-state index contributed by atoms with van der Waals surface area (Å²) in [6.07, 6.45) is 1.15. The van der Waals surface area contributed by atoms with Crippen molar-refractivity contribution in [3.05, 3.63) is 71.8 Å². The van der Waals surface area contributed by atoms with Crippen molar-refractivity contribution in [2.24, 2.45) is 5.92 Å². The molecule has 1 aliphatic heterocycles. The van der Waals surface area contributed by atoms with Gasteiger partial charge < -0.3 is 14.7 Å². The second kappa shape index (κ2) is 11.4. The number of hydrogen-bond acceptors (Lipinski definition) is 5. The molecule has 0 saturated carbocycles. The molecule has 3 rings (SSSR count). The molecule has 31 heavy (non-hydrogen) atoms. The van der Waals surface area contributed by atoms with Crippen LogP contribution < -0.4 is 0 Å². The summed E-state index contributed by atoms with van der Waals surface area (Å²) in [6, 6.07) is 19.2. The van der Waals surface area contributed by atoms with Gasteiger partial charge in [-0.25, -0.2) is 0 Å². The standard InChI is InChI=1S/C25H31NO4.ClH/c1-3-19(2)23(28)30-24(29)25(21-12-8-5-9-13-21)14-16-26(17-15-25)18-22(27)20-10-6-4-7-11-20;/h4-13,19,22,27H,3,14-18H2,1-2H3;1H. The van der Waals surface area contributed by atoms with Gasteiger partial charge in [0.2, 0.25) is 0 Å². The van der Waals surface area contributed by atoms with Crippen LogP contribution in [0.25, 0.3) is 0 Å². The van der Waals surface area contributed by atoms with Crippen LogP contribution in [-0.2, 0) is 19.7 Å². The second-order valence-corrected chi connectivity index (χ2v) is 8.19. The van der Waals surface area contributed by atoms with E-state index in [4.69, 9.17) is 4.74 Å². The first-order valence-electron chi connectivity index (χ1n) is 10.7. The third-order valence-electron chi connectivity index (χ3n) is 6.25. The van der Waals surface area contributed by atoms with Gasteiger partial charge in [-0.1, -0.05) is 74.5 Å². The van der Waals surface area contributed by atoms with Gasteiger partial charge in [0.15, 0.2) is 0 Å². The molecule has 2 unspecified atom stereocenters. The lowest BCUT2D eigenvalue weighted by atomic mass is 9.72. The van der Waals surface area contributed by atoms with Crippen molar-refractivity contribution in [1.29, 1.82) is 0 Å². The molecule has 0 spiro atoms. The normalized spacial score (nSPS) is 17.8. The molecule has 0 amide bonds. The van der Waals surface area contributed by atoms with Gasteiger partial charge in [0.1, 0.15) is 0 Å². The topological polar surface area (TPSA) is 66.8 Å². The van der Waals surface area contributed by atoms with E-state index in [1.54, 1.807) is 6.92 Å². The number of piperidine rings is 1. The van der Waals surface area contributed by atoms with Gasteiger partial charge in [-0.3, -0.25) is 9.59 Å². The number of hydrogen-bond donors (Lipinski definition) is 1. The SMILES string of the molecule is CCC(C)C(=O)OC(=O)C1(c2ccccc2)CCN(CC(O)c2ccccc2)CC1.Cl. The molecule has 1 N–H and O–H groups in total. The van der Waals surface area contributed by atoms with E-state index in [1.165, 1.54) is 0 Å². The zero-order chi connectivity index (χ0) is 21.6. The average molecular weight is 446 g/mol. The molecular weight excluding hydrogens is 414 g/mol. The molecule has 0 bridgehead atoms. The molecule has 2 aromatic carbocycles. The quantitative estimate of drug-likeness (QED) is 0.508. The summed E-state index contributed by atoms with van der Waals surface area (Å²) < 4.78 is 5.34. The van der Waals surface area contributed by atoms with Gasteiger partial charge in [-0.2, -0.15) is 0 Å². The summed E-state index contributed by atoms with van der Waals surface area (Å²) >= 11 is 0. The third kappa shape index (κ3) is 5.94. The number of halogens is 1. The monoisotopic (exact) mass is 445 g/mol. The number of aliphatic hydroxyl groups excluding tert-OH is 1. The molecular formula is C25H32ClNO4. The summed E-state index contributed by atoms with van der Waals surface area (Å²) in [4.78, 5) is 27.6. The Hall–Kier alpha value is -2.21. The third-order valence-corrected chi connectivity index (χ3v) is 6.25. The lowest BCUT2D eigenvalue weighted by Crippen LogP contribution is -2.49. The Bertz CT molecular complexity index is 835. The highest BCUT2D eigenvalue weighted by Gasteiger charge is 2.45. The van der Waals surface area contributed by atoms with E-state index in [2.05, 4.69) is 4.90 Å². The summed E-state index contributed by atoms with van der Waals surface area (Å²) in [5.41, 5.74) is 0.935. The van der Waals surface area contributed by atoms with Crippen molar-refractivity contribution in [3.63, 3.8) is 0 Å². The molecule has 1 heterocycles. The van der Waals surface area contributed by atoms with Crippen molar-refractivity contribution in [3.8, 4) is 0 Å². The van der Waals surface area contributed by atoms with Crippen LogP contribution in [0.4, 0.5) is 0 Å². The highest BCUT2D eigenvalue weighted by atomic mass is 35.5. The predicted molar refractivity (Wildman–Crippen MR) is 123 cm³/mol. The molecule has 1 fully saturated rings. The lowest BCUT2D eigenvalue weighted by molar-refractivity contribution is -0.168. The minimum absolute atomic E-state index is 0. The van der Waals surface area contributed by atoms with E-state index in [0.29, 0.717) is 38.9 Å². The van der Waals surface area contributed by atoms with Gasteiger partial charge >= 0.3 is 11.9 Å². The van der Waals surface area contributed by atoms with Crippen molar-refractivity contribution >= 4 is 24.3 Å². The number of aliphatic hydroxyl groups is 1. The summed E-state index contributed by atoms with van der Waals surface area (Å²) in [6.45, 7) is 5.48.